The second-order valence-electron chi connectivity index (χ2n) is 5.30. The number of ether oxygens (including phenoxy) is 1. The molecule has 0 aliphatic carbocycles. The minimum Gasteiger partial charge on any atom is -0.373 e. The van der Waals surface area contributed by atoms with Gasteiger partial charge in [-0.25, -0.2) is 9.97 Å². The van der Waals surface area contributed by atoms with Crippen LogP contribution in [-0.2, 0) is 11.2 Å². The Balaban J connectivity index is 2.10. The van der Waals surface area contributed by atoms with E-state index in [2.05, 4.69) is 34.4 Å². The highest BCUT2D eigenvalue weighted by atomic mass is 16.5. The molecule has 5 nitrogen and oxygen atoms in total. The van der Waals surface area contributed by atoms with Crippen molar-refractivity contribution in [1.29, 1.82) is 0 Å². The number of rotatable bonds is 6. The van der Waals surface area contributed by atoms with Crippen LogP contribution in [0, 0.1) is 0 Å². The third kappa shape index (κ3) is 3.35. The Labute approximate surface area is 115 Å². The van der Waals surface area contributed by atoms with Crippen LogP contribution in [0.4, 0.5) is 11.6 Å². The lowest BCUT2D eigenvalue weighted by atomic mass is 10.0. The minimum atomic E-state index is -0.0613. The summed E-state index contributed by atoms with van der Waals surface area (Å²) in [6, 6.07) is 0. The van der Waals surface area contributed by atoms with Crippen molar-refractivity contribution in [1.82, 2.24) is 9.97 Å². The lowest BCUT2D eigenvalue weighted by Gasteiger charge is -2.24. The molecule has 2 heterocycles. The smallest absolute Gasteiger partial charge is 0.134 e. The lowest BCUT2D eigenvalue weighted by Crippen LogP contribution is -2.33. The highest BCUT2D eigenvalue weighted by Gasteiger charge is 2.29. The van der Waals surface area contributed by atoms with Gasteiger partial charge in [0.2, 0.25) is 0 Å². The second kappa shape index (κ2) is 6.19. The van der Waals surface area contributed by atoms with Gasteiger partial charge in [-0.15, -0.1) is 0 Å². The molecule has 0 radical (unpaired) electrons. The fourth-order valence-corrected chi connectivity index (χ4v) is 2.51. The molecule has 0 bridgehead atoms. The van der Waals surface area contributed by atoms with Gasteiger partial charge in [-0.3, -0.25) is 0 Å². The Morgan fingerprint density at radius 1 is 1.37 bits per heavy atom. The highest BCUT2D eigenvalue weighted by Crippen LogP contribution is 2.27. The van der Waals surface area contributed by atoms with E-state index < -0.39 is 0 Å². The van der Waals surface area contributed by atoms with Crippen molar-refractivity contribution in [3.8, 4) is 0 Å². The van der Waals surface area contributed by atoms with Gasteiger partial charge in [0.05, 0.1) is 5.60 Å². The van der Waals surface area contributed by atoms with E-state index in [9.17, 15) is 0 Å². The number of nitrogens with zero attached hydrogens (tertiary/aromatic N) is 2. The van der Waals surface area contributed by atoms with Gasteiger partial charge in [0.25, 0.3) is 0 Å². The molecule has 106 valence electrons. The van der Waals surface area contributed by atoms with Crippen LogP contribution in [-0.4, -0.2) is 35.8 Å². The number of hydrogen-bond donors (Lipinski definition) is 2. The zero-order valence-corrected chi connectivity index (χ0v) is 12.1. The van der Waals surface area contributed by atoms with Gasteiger partial charge in [0.1, 0.15) is 18.0 Å². The highest BCUT2D eigenvalue weighted by molar-refractivity contribution is 5.57. The molecule has 1 fully saturated rings. The summed E-state index contributed by atoms with van der Waals surface area (Å²) in [5, 5.41) is 6.58. The molecule has 1 saturated heterocycles. The van der Waals surface area contributed by atoms with Crippen molar-refractivity contribution in [3.05, 3.63) is 11.9 Å². The first-order valence-corrected chi connectivity index (χ1v) is 7.08. The zero-order valence-electron chi connectivity index (χ0n) is 12.1. The molecule has 0 saturated carbocycles. The molecule has 1 unspecified atom stereocenters. The predicted molar refractivity (Wildman–Crippen MR) is 77.7 cm³/mol. The molecule has 0 spiro atoms. The molecule has 1 aromatic heterocycles. The van der Waals surface area contributed by atoms with E-state index in [1.54, 1.807) is 6.33 Å². The van der Waals surface area contributed by atoms with E-state index in [4.69, 9.17) is 4.74 Å². The Bertz CT molecular complexity index is 416. The molecule has 5 heteroatoms. The fraction of sp³-hybridized carbons (Fsp3) is 0.714. The first kappa shape index (κ1) is 14.1. The van der Waals surface area contributed by atoms with E-state index in [-0.39, 0.29) is 5.60 Å². The third-order valence-corrected chi connectivity index (χ3v) is 3.61. The lowest BCUT2D eigenvalue weighted by molar-refractivity contribution is 0.0314. The molecule has 0 aromatic carbocycles. The Morgan fingerprint density at radius 2 is 2.16 bits per heavy atom. The summed E-state index contributed by atoms with van der Waals surface area (Å²) >= 11 is 0. The summed E-state index contributed by atoms with van der Waals surface area (Å²) in [4.78, 5) is 8.66. The molecule has 1 aliphatic heterocycles. The molecular weight excluding hydrogens is 240 g/mol. The van der Waals surface area contributed by atoms with Crippen LogP contribution in [0.5, 0.6) is 0 Å². The topological polar surface area (TPSA) is 59.1 Å². The molecular formula is C14H24N4O. The number of hydrogen-bond acceptors (Lipinski definition) is 5. The zero-order chi connectivity index (χ0) is 13.7. The normalized spacial score (nSPS) is 22.5. The standard InChI is InChI=1S/C14H24N4O/c1-4-6-11-12(15-3)17-10-18-13(11)16-9-14(2)7-5-8-19-14/h10H,4-9H2,1-3H3,(H2,15,16,17,18). The maximum Gasteiger partial charge on any atom is 0.134 e. The summed E-state index contributed by atoms with van der Waals surface area (Å²) < 4.78 is 5.80. The summed E-state index contributed by atoms with van der Waals surface area (Å²) in [5.41, 5.74) is 1.10. The van der Waals surface area contributed by atoms with E-state index in [0.717, 1.165) is 56.0 Å². The summed E-state index contributed by atoms with van der Waals surface area (Å²) in [7, 11) is 1.90. The van der Waals surface area contributed by atoms with Gasteiger partial charge in [0.15, 0.2) is 0 Å². The van der Waals surface area contributed by atoms with Crippen LogP contribution in [0.1, 0.15) is 38.7 Å². The molecule has 19 heavy (non-hydrogen) atoms. The van der Waals surface area contributed by atoms with Crippen molar-refractivity contribution < 1.29 is 4.74 Å². The summed E-state index contributed by atoms with van der Waals surface area (Å²) in [5.74, 6) is 1.84. The van der Waals surface area contributed by atoms with Crippen molar-refractivity contribution in [2.45, 2.75) is 45.1 Å². The second-order valence-corrected chi connectivity index (χ2v) is 5.30. The number of aromatic nitrogens is 2. The molecule has 1 atom stereocenters. The largest absolute Gasteiger partial charge is 0.373 e. The van der Waals surface area contributed by atoms with E-state index in [1.807, 2.05) is 7.05 Å². The van der Waals surface area contributed by atoms with E-state index in [1.165, 1.54) is 0 Å². The van der Waals surface area contributed by atoms with Crippen LogP contribution < -0.4 is 10.6 Å². The maximum absolute atomic E-state index is 5.80. The summed E-state index contributed by atoms with van der Waals surface area (Å²) in [6.07, 6.45) is 5.89. The first-order chi connectivity index (χ1) is 9.18. The molecule has 0 amide bonds. The van der Waals surface area contributed by atoms with Crippen LogP contribution in [0.2, 0.25) is 0 Å². The van der Waals surface area contributed by atoms with Crippen molar-refractivity contribution in [2.24, 2.45) is 0 Å². The third-order valence-electron chi connectivity index (χ3n) is 3.61. The number of nitrogens with one attached hydrogen (secondary N) is 2. The Morgan fingerprint density at radius 3 is 2.79 bits per heavy atom. The quantitative estimate of drug-likeness (QED) is 0.826. The fourth-order valence-electron chi connectivity index (χ4n) is 2.51. The predicted octanol–water partition coefficient (Wildman–Crippen LogP) is 2.45. The van der Waals surface area contributed by atoms with Gasteiger partial charge >= 0.3 is 0 Å². The number of anilines is 2. The van der Waals surface area contributed by atoms with Crippen LogP contribution in [0.25, 0.3) is 0 Å². The molecule has 1 aromatic rings. The van der Waals surface area contributed by atoms with E-state index >= 15 is 0 Å². The molecule has 2 N–H and O–H groups in total. The Kier molecular flexibility index (Phi) is 4.58. The Hall–Kier alpha value is -1.36. The van der Waals surface area contributed by atoms with Crippen LogP contribution >= 0.6 is 0 Å². The van der Waals surface area contributed by atoms with Gasteiger partial charge in [-0.1, -0.05) is 13.3 Å². The van der Waals surface area contributed by atoms with Crippen molar-refractivity contribution >= 4 is 11.6 Å². The van der Waals surface area contributed by atoms with Gasteiger partial charge in [-0.2, -0.15) is 0 Å². The van der Waals surface area contributed by atoms with Crippen molar-refractivity contribution in [2.75, 3.05) is 30.8 Å². The van der Waals surface area contributed by atoms with Gasteiger partial charge < -0.3 is 15.4 Å². The molecule has 1 aliphatic rings. The van der Waals surface area contributed by atoms with Crippen molar-refractivity contribution in [3.63, 3.8) is 0 Å². The summed E-state index contributed by atoms with van der Waals surface area (Å²) in [6.45, 7) is 5.99. The van der Waals surface area contributed by atoms with Crippen LogP contribution in [0.15, 0.2) is 6.33 Å². The maximum atomic E-state index is 5.80. The SMILES string of the molecule is CCCc1c(NC)ncnc1NCC1(C)CCCO1. The average Bonchev–Trinajstić information content (AvgIpc) is 2.85. The monoisotopic (exact) mass is 264 g/mol. The average molecular weight is 264 g/mol. The van der Waals surface area contributed by atoms with Gasteiger partial charge in [-0.05, 0) is 26.2 Å². The van der Waals surface area contributed by atoms with E-state index in [0.29, 0.717) is 0 Å². The molecule has 2 rings (SSSR count). The first-order valence-electron chi connectivity index (χ1n) is 7.08. The van der Waals surface area contributed by atoms with Crippen LogP contribution in [0.3, 0.4) is 0 Å². The van der Waals surface area contributed by atoms with Gasteiger partial charge in [0, 0.05) is 25.8 Å². The minimum absolute atomic E-state index is 0.0613.